The van der Waals surface area contributed by atoms with Crippen molar-refractivity contribution >= 4 is 0 Å². The smallest absolute Gasteiger partial charge is 0.168 e. The van der Waals surface area contributed by atoms with E-state index in [1.807, 2.05) is 6.92 Å². The van der Waals surface area contributed by atoms with Gasteiger partial charge in [-0.1, -0.05) is 25.1 Å². The highest BCUT2D eigenvalue weighted by Gasteiger charge is 2.13. The highest BCUT2D eigenvalue weighted by molar-refractivity contribution is 5.40. The van der Waals surface area contributed by atoms with Gasteiger partial charge >= 0.3 is 0 Å². The lowest BCUT2D eigenvalue weighted by atomic mass is 10.1. The van der Waals surface area contributed by atoms with Crippen LogP contribution in [0, 0.1) is 18.6 Å². The fourth-order valence-corrected chi connectivity index (χ4v) is 2.01. The third-order valence-corrected chi connectivity index (χ3v) is 3.18. The topological polar surface area (TPSA) is 21.3 Å². The summed E-state index contributed by atoms with van der Waals surface area (Å²) in [6.07, 6.45) is 0.956. The van der Waals surface area contributed by atoms with Crippen molar-refractivity contribution < 1.29 is 13.5 Å². The van der Waals surface area contributed by atoms with E-state index in [1.54, 1.807) is 31.2 Å². The summed E-state index contributed by atoms with van der Waals surface area (Å²) < 4.78 is 33.5. The van der Waals surface area contributed by atoms with Gasteiger partial charge in [0.15, 0.2) is 11.6 Å². The maximum atomic E-state index is 14.0. The van der Waals surface area contributed by atoms with Crippen LogP contribution in [0.3, 0.4) is 0 Å². The van der Waals surface area contributed by atoms with Crippen molar-refractivity contribution in [3.8, 4) is 11.5 Å². The largest absolute Gasteiger partial charge is 0.454 e. The molecule has 2 rings (SSSR count). The normalized spacial score (nSPS) is 10.7. The first-order valence-corrected chi connectivity index (χ1v) is 7.04. The average Bonchev–Trinajstić information content (AvgIpc) is 2.47. The van der Waals surface area contributed by atoms with Gasteiger partial charge in [0.1, 0.15) is 11.6 Å². The van der Waals surface area contributed by atoms with Crippen LogP contribution in [0.25, 0.3) is 0 Å². The summed E-state index contributed by atoms with van der Waals surface area (Å²) in [4.78, 5) is 0. The maximum absolute atomic E-state index is 14.0. The molecule has 0 saturated heterocycles. The van der Waals surface area contributed by atoms with Gasteiger partial charge in [-0.25, -0.2) is 8.78 Å². The van der Waals surface area contributed by atoms with Crippen LogP contribution < -0.4 is 10.1 Å². The van der Waals surface area contributed by atoms with Gasteiger partial charge < -0.3 is 10.1 Å². The number of hydrogen-bond donors (Lipinski definition) is 1. The van der Waals surface area contributed by atoms with E-state index in [0.29, 0.717) is 23.4 Å². The Labute approximate surface area is 123 Å². The minimum atomic E-state index is -0.422. The Morgan fingerprint density at radius 3 is 2.52 bits per heavy atom. The Balaban J connectivity index is 2.27. The number of halogens is 2. The van der Waals surface area contributed by atoms with Gasteiger partial charge in [-0.3, -0.25) is 0 Å². The van der Waals surface area contributed by atoms with E-state index in [-0.39, 0.29) is 11.6 Å². The SMILES string of the molecule is CCCNCc1c(F)cccc1Oc1cccc(C)c1F. The first-order valence-electron chi connectivity index (χ1n) is 7.04. The van der Waals surface area contributed by atoms with Crippen LogP contribution in [0.1, 0.15) is 24.5 Å². The molecule has 0 saturated carbocycles. The van der Waals surface area contributed by atoms with Crippen LogP contribution in [-0.4, -0.2) is 6.54 Å². The fourth-order valence-electron chi connectivity index (χ4n) is 2.01. The Morgan fingerprint density at radius 2 is 1.76 bits per heavy atom. The van der Waals surface area contributed by atoms with Crippen molar-refractivity contribution in [3.63, 3.8) is 0 Å². The van der Waals surface area contributed by atoms with E-state index in [4.69, 9.17) is 4.74 Å². The van der Waals surface area contributed by atoms with Crippen LogP contribution in [-0.2, 0) is 6.54 Å². The zero-order chi connectivity index (χ0) is 15.2. The Bertz CT molecular complexity index is 614. The fraction of sp³-hybridized carbons (Fsp3) is 0.294. The van der Waals surface area contributed by atoms with Crippen LogP contribution in [0.2, 0.25) is 0 Å². The molecule has 0 atom stereocenters. The van der Waals surface area contributed by atoms with Crippen molar-refractivity contribution in [2.24, 2.45) is 0 Å². The molecule has 0 radical (unpaired) electrons. The molecule has 0 amide bonds. The van der Waals surface area contributed by atoms with Crippen LogP contribution in [0.4, 0.5) is 8.78 Å². The van der Waals surface area contributed by atoms with E-state index in [0.717, 1.165) is 13.0 Å². The molecule has 112 valence electrons. The maximum Gasteiger partial charge on any atom is 0.168 e. The van der Waals surface area contributed by atoms with Crippen LogP contribution in [0.5, 0.6) is 11.5 Å². The quantitative estimate of drug-likeness (QED) is 0.787. The number of benzene rings is 2. The van der Waals surface area contributed by atoms with Gasteiger partial charge in [0, 0.05) is 12.1 Å². The van der Waals surface area contributed by atoms with Crippen molar-refractivity contribution in [2.75, 3.05) is 6.54 Å². The molecule has 0 unspecified atom stereocenters. The summed E-state index contributed by atoms with van der Waals surface area (Å²) in [6.45, 7) is 4.83. The lowest BCUT2D eigenvalue weighted by molar-refractivity contribution is 0.427. The van der Waals surface area contributed by atoms with E-state index in [2.05, 4.69) is 5.32 Å². The van der Waals surface area contributed by atoms with Gasteiger partial charge in [0.05, 0.1) is 0 Å². The third-order valence-electron chi connectivity index (χ3n) is 3.18. The lowest BCUT2D eigenvalue weighted by Crippen LogP contribution is -2.15. The predicted octanol–water partition coefficient (Wildman–Crippen LogP) is 4.57. The molecule has 0 fully saturated rings. The molecule has 0 aliphatic heterocycles. The molecule has 2 aromatic rings. The minimum absolute atomic E-state index is 0.109. The first kappa shape index (κ1) is 15.4. The highest BCUT2D eigenvalue weighted by Crippen LogP contribution is 2.30. The van der Waals surface area contributed by atoms with Crippen molar-refractivity contribution in [3.05, 3.63) is 59.2 Å². The number of hydrogen-bond acceptors (Lipinski definition) is 2. The van der Waals surface area contributed by atoms with E-state index >= 15 is 0 Å². The van der Waals surface area contributed by atoms with Gasteiger partial charge in [0.2, 0.25) is 0 Å². The monoisotopic (exact) mass is 291 g/mol. The Kier molecular flexibility index (Phi) is 5.28. The molecule has 0 aliphatic carbocycles. The van der Waals surface area contributed by atoms with E-state index in [9.17, 15) is 8.78 Å². The van der Waals surface area contributed by atoms with Crippen LogP contribution in [0.15, 0.2) is 36.4 Å². The number of nitrogens with one attached hydrogen (secondary N) is 1. The van der Waals surface area contributed by atoms with E-state index in [1.165, 1.54) is 12.1 Å². The molecule has 0 spiro atoms. The molecular formula is C17H19F2NO. The molecule has 0 aliphatic rings. The summed E-state index contributed by atoms with van der Waals surface area (Å²) in [7, 11) is 0. The molecule has 2 nitrogen and oxygen atoms in total. The third kappa shape index (κ3) is 3.79. The van der Waals surface area contributed by atoms with Crippen molar-refractivity contribution in [2.45, 2.75) is 26.8 Å². The van der Waals surface area contributed by atoms with Gasteiger partial charge in [0.25, 0.3) is 0 Å². The number of aryl methyl sites for hydroxylation is 1. The summed E-state index contributed by atoms with van der Waals surface area (Å²) >= 11 is 0. The minimum Gasteiger partial charge on any atom is -0.454 e. The molecule has 4 heteroatoms. The second kappa shape index (κ2) is 7.18. The molecule has 0 aromatic heterocycles. The van der Waals surface area contributed by atoms with Gasteiger partial charge in [-0.05, 0) is 43.7 Å². The summed E-state index contributed by atoms with van der Waals surface area (Å²) in [5, 5.41) is 3.13. The van der Waals surface area contributed by atoms with Gasteiger partial charge in [-0.15, -0.1) is 0 Å². The van der Waals surface area contributed by atoms with E-state index < -0.39 is 5.82 Å². The summed E-state index contributed by atoms with van der Waals surface area (Å²) in [5.41, 5.74) is 0.904. The summed E-state index contributed by atoms with van der Waals surface area (Å²) in [6, 6.07) is 9.49. The second-order valence-corrected chi connectivity index (χ2v) is 4.88. The second-order valence-electron chi connectivity index (χ2n) is 4.88. The molecular weight excluding hydrogens is 272 g/mol. The first-order chi connectivity index (χ1) is 10.1. The zero-order valence-corrected chi connectivity index (χ0v) is 12.2. The Hall–Kier alpha value is -1.94. The lowest BCUT2D eigenvalue weighted by Gasteiger charge is -2.13. The Morgan fingerprint density at radius 1 is 1.05 bits per heavy atom. The van der Waals surface area contributed by atoms with Gasteiger partial charge in [-0.2, -0.15) is 0 Å². The van der Waals surface area contributed by atoms with Crippen LogP contribution >= 0.6 is 0 Å². The highest BCUT2D eigenvalue weighted by atomic mass is 19.1. The van der Waals surface area contributed by atoms with Crippen molar-refractivity contribution in [1.29, 1.82) is 0 Å². The molecule has 0 bridgehead atoms. The molecule has 21 heavy (non-hydrogen) atoms. The zero-order valence-electron chi connectivity index (χ0n) is 12.2. The predicted molar refractivity (Wildman–Crippen MR) is 79.6 cm³/mol. The van der Waals surface area contributed by atoms with Crippen molar-refractivity contribution in [1.82, 2.24) is 5.32 Å². The summed E-state index contributed by atoms with van der Waals surface area (Å²) in [5.74, 6) is -0.334. The molecule has 1 N–H and O–H groups in total. The standard InChI is InChI=1S/C17H19F2NO/c1-3-10-20-11-13-14(18)7-5-8-15(13)21-16-9-4-6-12(2)17(16)19/h4-9,20H,3,10-11H2,1-2H3. The molecule has 0 heterocycles. The number of rotatable bonds is 6. The molecule has 2 aromatic carbocycles. The number of ether oxygens (including phenoxy) is 1. The average molecular weight is 291 g/mol.